The molecule has 0 aromatic heterocycles. The first-order valence-corrected chi connectivity index (χ1v) is 11.9. The molecule has 1 aliphatic heterocycles. The minimum absolute atomic E-state index is 0.0609. The maximum atomic E-state index is 12.2. The number of hydrogen-bond donors (Lipinski definition) is 0. The molecule has 1 heterocycles. The van der Waals surface area contributed by atoms with Crippen LogP contribution in [0.5, 0.6) is 0 Å². The van der Waals surface area contributed by atoms with Crippen LogP contribution < -0.4 is 0 Å². The van der Waals surface area contributed by atoms with Crippen LogP contribution in [0.3, 0.4) is 0 Å². The van der Waals surface area contributed by atoms with Gasteiger partial charge in [-0.1, -0.05) is 0 Å². The first kappa shape index (κ1) is 15.7. The van der Waals surface area contributed by atoms with Crippen molar-refractivity contribution in [3.05, 3.63) is 0 Å². The average molecular weight is 351 g/mol. The van der Waals surface area contributed by atoms with Gasteiger partial charge in [-0.05, 0) is 16.8 Å². The molecule has 3 atom stereocenters. The minimum Gasteiger partial charge on any atom is -0.590 e. The lowest BCUT2D eigenvalue weighted by molar-refractivity contribution is -0.111. The monoisotopic (exact) mass is 351 g/mol. The summed E-state index contributed by atoms with van der Waals surface area (Å²) in [5.41, 5.74) is 0. The van der Waals surface area contributed by atoms with Gasteiger partial charge in [0.2, 0.25) is 14.7 Å². The van der Waals surface area contributed by atoms with Crippen molar-refractivity contribution in [3.63, 3.8) is 0 Å². The SMILES string of the molecule is CSC1(SC)C(=O)[S+]([O-])N(C)C1([PH+]=S)[PH+]=S. The van der Waals surface area contributed by atoms with Crippen molar-refractivity contribution in [3.8, 4) is 0 Å². The predicted octanol–water partition coefficient (Wildman–Crippen LogP) is 1.48. The fraction of sp³-hybridized carbons (Fsp3) is 0.833. The van der Waals surface area contributed by atoms with Gasteiger partial charge in [0.25, 0.3) is 4.08 Å². The minimum atomic E-state index is -1.62. The number of nitrogens with zero attached hydrogens (tertiary/aromatic N) is 1. The molecule has 0 spiro atoms. The molecule has 1 rings (SSSR count). The van der Waals surface area contributed by atoms with Gasteiger partial charge >= 0.3 is 10.1 Å². The molecule has 0 aliphatic carbocycles. The lowest BCUT2D eigenvalue weighted by Crippen LogP contribution is -2.46. The molecule has 0 aromatic rings. The lowest BCUT2D eigenvalue weighted by Gasteiger charge is -2.22. The van der Waals surface area contributed by atoms with Crippen LogP contribution in [-0.4, -0.2) is 42.6 Å². The Morgan fingerprint density at radius 3 is 2.06 bits per heavy atom. The first-order chi connectivity index (χ1) is 7.47. The molecule has 3 unspecified atom stereocenters. The molecule has 0 radical (unpaired) electrons. The number of rotatable bonds is 4. The van der Waals surface area contributed by atoms with Gasteiger partial charge in [0.1, 0.15) is 11.4 Å². The summed E-state index contributed by atoms with van der Waals surface area (Å²) in [4.78, 5) is 12.2. The molecule has 90 valence electrons. The van der Waals surface area contributed by atoms with Crippen LogP contribution in [0.4, 0.5) is 0 Å². The second-order valence-corrected chi connectivity index (χ2v) is 10.3. The molecular formula is C6H11NO2P2S5+2. The zero-order valence-electron chi connectivity index (χ0n) is 8.80. The Morgan fingerprint density at radius 1 is 1.38 bits per heavy atom. The van der Waals surface area contributed by atoms with E-state index in [1.807, 2.05) is 12.5 Å². The molecule has 0 amide bonds. The van der Waals surface area contributed by atoms with Gasteiger partial charge in [-0.25, -0.2) is 4.79 Å². The van der Waals surface area contributed by atoms with Gasteiger partial charge in [-0.2, -0.15) is 0 Å². The summed E-state index contributed by atoms with van der Waals surface area (Å²) in [6, 6.07) is 0. The third-order valence-electron chi connectivity index (χ3n) is 2.50. The van der Waals surface area contributed by atoms with Gasteiger partial charge in [0.15, 0.2) is 23.6 Å². The van der Waals surface area contributed by atoms with Crippen molar-refractivity contribution >= 4 is 78.3 Å². The quantitative estimate of drug-likeness (QED) is 0.432. The van der Waals surface area contributed by atoms with Crippen LogP contribution in [0, 0.1) is 0 Å². The van der Waals surface area contributed by atoms with Gasteiger partial charge in [-0.3, -0.25) is 0 Å². The van der Waals surface area contributed by atoms with E-state index < -0.39 is 20.5 Å². The number of hydrogen-bond acceptors (Lipinski definition) is 7. The van der Waals surface area contributed by atoms with E-state index >= 15 is 0 Å². The molecule has 16 heavy (non-hydrogen) atoms. The summed E-state index contributed by atoms with van der Waals surface area (Å²) in [5, 5.41) is -0.872. The van der Waals surface area contributed by atoms with Crippen LogP contribution in [0.1, 0.15) is 0 Å². The highest BCUT2D eigenvalue weighted by Crippen LogP contribution is 2.63. The molecule has 0 aromatic carbocycles. The van der Waals surface area contributed by atoms with Crippen molar-refractivity contribution in [1.82, 2.24) is 4.31 Å². The van der Waals surface area contributed by atoms with E-state index in [-0.39, 0.29) is 19.8 Å². The molecule has 1 fully saturated rings. The highest BCUT2D eigenvalue weighted by atomic mass is 32.4. The summed E-state index contributed by atoms with van der Waals surface area (Å²) in [5.74, 6) is 0. The van der Waals surface area contributed by atoms with Crippen LogP contribution in [0.15, 0.2) is 0 Å². The Hall–Kier alpha value is 1.68. The summed E-state index contributed by atoms with van der Waals surface area (Å²) in [7, 11) is 1.80. The Kier molecular flexibility index (Phi) is 5.67. The van der Waals surface area contributed by atoms with E-state index in [2.05, 4.69) is 0 Å². The molecule has 0 N–H and O–H groups in total. The number of carbonyl (C=O) groups is 1. The summed E-state index contributed by atoms with van der Waals surface area (Å²) < 4.78 is 12.8. The summed E-state index contributed by atoms with van der Waals surface area (Å²) in [6.45, 7) is 0. The Morgan fingerprint density at radius 2 is 1.81 bits per heavy atom. The largest absolute Gasteiger partial charge is 0.590 e. The first-order valence-electron chi connectivity index (χ1n) is 4.06. The van der Waals surface area contributed by atoms with E-state index in [0.717, 1.165) is 0 Å². The summed E-state index contributed by atoms with van der Waals surface area (Å²) in [6.07, 6.45) is 3.70. The number of thioether (sulfide) groups is 2. The van der Waals surface area contributed by atoms with Crippen LogP contribution >= 0.6 is 38.2 Å². The Balaban J connectivity index is 3.47. The van der Waals surface area contributed by atoms with E-state index in [0.29, 0.717) is 0 Å². The van der Waals surface area contributed by atoms with Crippen molar-refractivity contribution < 1.29 is 9.35 Å². The Labute approximate surface area is 120 Å². The van der Waals surface area contributed by atoms with Crippen molar-refractivity contribution in [2.75, 3.05) is 19.6 Å². The second-order valence-electron chi connectivity index (χ2n) is 2.97. The van der Waals surface area contributed by atoms with Gasteiger partial charge in [0, 0.05) is 7.05 Å². The van der Waals surface area contributed by atoms with Gasteiger partial charge < -0.3 is 4.55 Å². The molecule has 1 saturated heterocycles. The fourth-order valence-corrected chi connectivity index (χ4v) is 13.5. The van der Waals surface area contributed by atoms with E-state index in [9.17, 15) is 9.35 Å². The Bertz CT molecular complexity index is 329. The third kappa shape index (κ3) is 1.86. The van der Waals surface area contributed by atoms with E-state index in [1.165, 1.54) is 23.5 Å². The van der Waals surface area contributed by atoms with Crippen LogP contribution in [0.2, 0.25) is 0 Å². The smallest absolute Gasteiger partial charge is 0.418 e. The number of carbonyl (C=O) groups excluding carboxylic acids is 1. The lowest BCUT2D eigenvalue weighted by atomic mass is 10.4. The van der Waals surface area contributed by atoms with Crippen molar-refractivity contribution in [1.29, 1.82) is 0 Å². The maximum Gasteiger partial charge on any atom is 0.418 e. The fourth-order valence-electron chi connectivity index (χ4n) is 1.55. The molecule has 0 saturated carbocycles. The topological polar surface area (TPSA) is 43.4 Å². The highest BCUT2D eigenvalue weighted by molar-refractivity contribution is 8.25. The zero-order valence-corrected chi connectivity index (χ0v) is 14.9. The average Bonchev–Trinajstić information content (AvgIpc) is 2.48. The molecule has 0 bridgehead atoms. The predicted molar refractivity (Wildman–Crippen MR) is 84.8 cm³/mol. The highest BCUT2D eigenvalue weighted by Gasteiger charge is 2.82. The summed E-state index contributed by atoms with van der Waals surface area (Å²) >= 11 is 11.6. The normalized spacial score (nSPS) is 35.0. The van der Waals surface area contributed by atoms with Crippen LogP contribution in [-0.2, 0) is 39.8 Å². The van der Waals surface area contributed by atoms with Crippen molar-refractivity contribution in [2.24, 2.45) is 0 Å². The van der Waals surface area contributed by atoms with Gasteiger partial charge in [-0.15, -0.1) is 23.5 Å². The molecule has 10 heteroatoms. The molecular weight excluding hydrogens is 340 g/mol. The maximum absolute atomic E-state index is 12.2. The standard InChI is InChI=1S/C6H9NO2P2S5/c1-7-6(10-12,11-13)5(14-2,15-3)4(8)16(7)9/h1-3H3/p+2. The molecule has 3 nitrogen and oxygen atoms in total. The second kappa shape index (κ2) is 5.76. The van der Waals surface area contributed by atoms with Crippen molar-refractivity contribution in [2.45, 2.75) is 9.10 Å². The van der Waals surface area contributed by atoms with Crippen LogP contribution in [0.25, 0.3) is 0 Å². The van der Waals surface area contributed by atoms with Gasteiger partial charge in [0.05, 0.1) is 0 Å². The van der Waals surface area contributed by atoms with E-state index in [4.69, 9.17) is 23.6 Å². The zero-order chi connectivity index (χ0) is 12.6. The molecule has 1 aliphatic rings. The third-order valence-corrected chi connectivity index (χ3v) is 13.9. The van der Waals surface area contributed by atoms with E-state index in [1.54, 1.807) is 11.4 Å².